The number of aliphatic hydroxyl groups excluding tert-OH is 1. The van der Waals surface area contributed by atoms with Crippen LogP contribution in [0.4, 0.5) is 0 Å². The molecule has 1 N–H and O–H groups in total. The van der Waals surface area contributed by atoms with Crippen LogP contribution in [-0.2, 0) is 0 Å². The Bertz CT molecular complexity index is 56.4. The van der Waals surface area contributed by atoms with Crippen LogP contribution in [0.2, 0.25) is 0 Å². The van der Waals surface area contributed by atoms with Gasteiger partial charge in [-0.3, -0.25) is 0 Å². The molecule has 2 unspecified atom stereocenters. The van der Waals surface area contributed by atoms with Gasteiger partial charge in [-0.1, -0.05) is 0 Å². The number of rotatable bonds is 3. The summed E-state index contributed by atoms with van der Waals surface area (Å²) in [5, 5.41) is 8.83. The summed E-state index contributed by atoms with van der Waals surface area (Å²) in [6.07, 6.45) is 0.134. The molecule has 0 amide bonds. The van der Waals surface area contributed by atoms with E-state index in [9.17, 15) is 0 Å². The molecule has 3 heteroatoms. The lowest BCUT2D eigenvalue weighted by Gasteiger charge is -2.06. The van der Waals surface area contributed by atoms with Gasteiger partial charge in [0, 0.05) is 11.3 Å². The van der Waals surface area contributed by atoms with Crippen molar-refractivity contribution in [3.63, 3.8) is 0 Å². The third-order valence-corrected chi connectivity index (χ3v) is 1.31. The maximum atomic E-state index is 8.81. The number of aliphatic hydroxyl groups is 1. The van der Waals surface area contributed by atoms with E-state index in [0.29, 0.717) is 6.42 Å². The zero-order valence-corrected chi connectivity index (χ0v) is 6.28. The maximum absolute atomic E-state index is 8.81. The minimum atomic E-state index is -0.441. The average molecular weight is 157 g/mol. The van der Waals surface area contributed by atoms with Gasteiger partial charge in [-0.05, 0) is 13.3 Å². The molecule has 0 spiro atoms. The Morgan fingerprint density at radius 3 is 2.25 bits per heavy atom. The molecule has 0 aromatic rings. The first kappa shape index (κ1) is 8.54. The normalized spacial score (nSPS) is 18.0. The fourth-order valence-electron chi connectivity index (χ4n) is 0.438. The molecule has 50 valence electrons. The Balaban J connectivity index is 3.10. The van der Waals surface area contributed by atoms with Gasteiger partial charge in [0.1, 0.15) is 0 Å². The third-order valence-electron chi connectivity index (χ3n) is 0.775. The highest BCUT2D eigenvalue weighted by Gasteiger charge is 2.04. The number of hydrogen-bond acceptors (Lipinski definition) is 1. The predicted octanol–water partition coefficient (Wildman–Crippen LogP) is 1.60. The highest BCUT2D eigenvalue weighted by molar-refractivity contribution is 6.20. The molecular weight excluding hydrogens is 147 g/mol. The van der Waals surface area contributed by atoms with Crippen LogP contribution >= 0.6 is 23.2 Å². The molecule has 1 nitrogen and oxygen atoms in total. The molecule has 0 aliphatic carbocycles. The van der Waals surface area contributed by atoms with E-state index in [1.165, 1.54) is 0 Å². The first-order chi connectivity index (χ1) is 3.66. The molecule has 2 atom stereocenters. The molecule has 0 aromatic carbocycles. The predicted molar refractivity (Wildman–Crippen MR) is 36.7 cm³/mol. The zero-order chi connectivity index (χ0) is 6.57. The van der Waals surface area contributed by atoms with E-state index in [0.717, 1.165) is 0 Å². The largest absolute Gasteiger partial charge is 0.392 e. The van der Waals surface area contributed by atoms with Crippen molar-refractivity contribution < 1.29 is 5.11 Å². The molecule has 0 aliphatic heterocycles. The monoisotopic (exact) mass is 156 g/mol. The molecular formula is C5H10Cl2O. The van der Waals surface area contributed by atoms with Gasteiger partial charge in [-0.2, -0.15) is 0 Å². The van der Waals surface area contributed by atoms with Gasteiger partial charge in [0.25, 0.3) is 0 Å². The minimum Gasteiger partial charge on any atom is -0.392 e. The van der Waals surface area contributed by atoms with Gasteiger partial charge < -0.3 is 5.11 Å². The lowest BCUT2D eigenvalue weighted by molar-refractivity contribution is 0.188. The zero-order valence-electron chi connectivity index (χ0n) is 4.77. The Hall–Kier alpha value is 0.540. The van der Waals surface area contributed by atoms with E-state index in [4.69, 9.17) is 28.3 Å². The van der Waals surface area contributed by atoms with Crippen molar-refractivity contribution in [1.29, 1.82) is 0 Å². The highest BCUT2D eigenvalue weighted by atomic mass is 35.5. The standard InChI is InChI=1S/C5H10Cl2O/c1-4(7)2-5(8)3-6/h4-5,8H,2-3H2,1H3. The second-order valence-electron chi connectivity index (χ2n) is 1.82. The van der Waals surface area contributed by atoms with E-state index in [1.807, 2.05) is 6.92 Å². The van der Waals surface area contributed by atoms with Crippen LogP contribution < -0.4 is 0 Å². The summed E-state index contributed by atoms with van der Waals surface area (Å²) < 4.78 is 0. The molecule has 0 bridgehead atoms. The van der Waals surface area contributed by atoms with Gasteiger partial charge in [0.2, 0.25) is 0 Å². The molecule has 0 aliphatic rings. The molecule has 0 radical (unpaired) electrons. The van der Waals surface area contributed by atoms with Crippen molar-refractivity contribution in [1.82, 2.24) is 0 Å². The van der Waals surface area contributed by atoms with Crippen LogP contribution in [0.3, 0.4) is 0 Å². The van der Waals surface area contributed by atoms with Crippen molar-refractivity contribution in [2.45, 2.75) is 24.8 Å². The molecule has 0 fully saturated rings. The molecule has 0 rings (SSSR count). The lowest BCUT2D eigenvalue weighted by atomic mass is 10.2. The van der Waals surface area contributed by atoms with Crippen molar-refractivity contribution in [2.24, 2.45) is 0 Å². The molecule has 8 heavy (non-hydrogen) atoms. The summed E-state index contributed by atoms with van der Waals surface area (Å²) in [5.74, 6) is 0.275. The highest BCUT2D eigenvalue weighted by Crippen LogP contribution is 2.04. The van der Waals surface area contributed by atoms with Crippen LogP contribution in [0.5, 0.6) is 0 Å². The van der Waals surface area contributed by atoms with Gasteiger partial charge in [0.05, 0.1) is 6.10 Å². The minimum absolute atomic E-state index is 0.0174. The average Bonchev–Trinajstić information content (AvgIpc) is 1.65. The quantitative estimate of drug-likeness (QED) is 0.617. The van der Waals surface area contributed by atoms with Crippen molar-refractivity contribution >= 4 is 23.2 Å². The molecule has 0 aromatic heterocycles. The summed E-state index contributed by atoms with van der Waals surface area (Å²) in [6.45, 7) is 1.83. The van der Waals surface area contributed by atoms with Gasteiger partial charge in [-0.25, -0.2) is 0 Å². The van der Waals surface area contributed by atoms with E-state index in [1.54, 1.807) is 0 Å². The fourth-order valence-corrected chi connectivity index (χ4v) is 0.770. The fraction of sp³-hybridized carbons (Fsp3) is 1.00. The van der Waals surface area contributed by atoms with E-state index < -0.39 is 6.10 Å². The summed E-state index contributed by atoms with van der Waals surface area (Å²) >= 11 is 10.8. The van der Waals surface area contributed by atoms with Gasteiger partial charge >= 0.3 is 0 Å². The number of halogens is 2. The molecule has 0 heterocycles. The van der Waals surface area contributed by atoms with Crippen molar-refractivity contribution in [3.8, 4) is 0 Å². The first-order valence-corrected chi connectivity index (χ1v) is 3.52. The second kappa shape index (κ2) is 4.42. The van der Waals surface area contributed by atoms with Crippen LogP contribution in [0.25, 0.3) is 0 Å². The van der Waals surface area contributed by atoms with E-state index in [2.05, 4.69) is 0 Å². The third kappa shape index (κ3) is 4.69. The van der Waals surface area contributed by atoms with Crippen LogP contribution in [0.1, 0.15) is 13.3 Å². The lowest BCUT2D eigenvalue weighted by Crippen LogP contribution is -2.12. The van der Waals surface area contributed by atoms with Crippen LogP contribution in [-0.4, -0.2) is 22.5 Å². The van der Waals surface area contributed by atoms with Crippen molar-refractivity contribution in [2.75, 3.05) is 5.88 Å². The van der Waals surface area contributed by atoms with E-state index in [-0.39, 0.29) is 11.3 Å². The first-order valence-electron chi connectivity index (χ1n) is 2.55. The Morgan fingerprint density at radius 1 is 1.62 bits per heavy atom. The molecule has 0 saturated heterocycles. The maximum Gasteiger partial charge on any atom is 0.0689 e. The van der Waals surface area contributed by atoms with Gasteiger partial charge in [0.15, 0.2) is 0 Å². The number of hydrogen-bond donors (Lipinski definition) is 1. The summed E-state index contributed by atoms with van der Waals surface area (Å²) in [4.78, 5) is 0. The summed E-state index contributed by atoms with van der Waals surface area (Å²) in [7, 11) is 0. The van der Waals surface area contributed by atoms with E-state index >= 15 is 0 Å². The van der Waals surface area contributed by atoms with Crippen LogP contribution in [0, 0.1) is 0 Å². The Labute approximate surface area is 59.6 Å². The molecule has 0 saturated carbocycles. The SMILES string of the molecule is CC(Cl)CC(O)CCl. The van der Waals surface area contributed by atoms with Gasteiger partial charge in [-0.15, -0.1) is 23.2 Å². The Morgan fingerprint density at radius 2 is 2.12 bits per heavy atom. The summed E-state index contributed by atoms with van der Waals surface area (Å²) in [6, 6.07) is 0. The number of alkyl halides is 2. The summed E-state index contributed by atoms with van der Waals surface area (Å²) in [5.41, 5.74) is 0. The smallest absolute Gasteiger partial charge is 0.0689 e. The van der Waals surface area contributed by atoms with Crippen molar-refractivity contribution in [3.05, 3.63) is 0 Å². The second-order valence-corrected chi connectivity index (χ2v) is 2.88. The van der Waals surface area contributed by atoms with Crippen LogP contribution in [0.15, 0.2) is 0 Å². The Kier molecular flexibility index (Phi) is 4.72. The topological polar surface area (TPSA) is 20.2 Å².